The van der Waals surface area contributed by atoms with Gasteiger partial charge in [-0.15, -0.1) is 0 Å². The maximum absolute atomic E-state index is 14.7. The lowest BCUT2D eigenvalue weighted by Crippen LogP contribution is -2.43. The number of fused-ring (bicyclic) bond motifs is 1. The molecular formula is C28H22F3N5O. The molecule has 0 atom stereocenters. The van der Waals surface area contributed by atoms with Crippen LogP contribution in [0, 0.1) is 31.3 Å². The van der Waals surface area contributed by atoms with E-state index in [1.165, 1.54) is 18.2 Å². The first-order chi connectivity index (χ1) is 17.7. The molecule has 6 nitrogen and oxygen atoms in total. The number of carbonyl (C=O) groups is 1. The van der Waals surface area contributed by atoms with Gasteiger partial charge in [-0.2, -0.15) is 0 Å². The van der Waals surface area contributed by atoms with Crippen LogP contribution in [0.4, 0.5) is 35.2 Å². The molecule has 1 aliphatic heterocycles. The second-order valence-electron chi connectivity index (χ2n) is 8.63. The first-order valence-electron chi connectivity index (χ1n) is 11.5. The molecule has 37 heavy (non-hydrogen) atoms. The van der Waals surface area contributed by atoms with E-state index in [0.29, 0.717) is 28.5 Å². The Morgan fingerprint density at radius 2 is 1.70 bits per heavy atom. The lowest BCUT2D eigenvalue weighted by molar-refractivity contribution is 0.246. The highest BCUT2D eigenvalue weighted by atomic mass is 19.1. The van der Waals surface area contributed by atoms with Crippen molar-refractivity contribution in [3.05, 3.63) is 107 Å². The van der Waals surface area contributed by atoms with Crippen LogP contribution in [0.3, 0.4) is 0 Å². The number of hydrogen-bond donors (Lipinski definition) is 2. The van der Waals surface area contributed by atoms with Crippen molar-refractivity contribution in [3.8, 4) is 11.3 Å². The van der Waals surface area contributed by atoms with Gasteiger partial charge in [0.2, 0.25) is 0 Å². The van der Waals surface area contributed by atoms with E-state index in [1.54, 1.807) is 19.1 Å². The molecule has 186 valence electrons. The molecule has 1 aliphatic rings. The molecule has 2 N–H and O–H groups in total. The summed E-state index contributed by atoms with van der Waals surface area (Å²) in [5.41, 5.74) is 4.18. The van der Waals surface area contributed by atoms with E-state index in [-0.39, 0.29) is 18.2 Å². The fraction of sp³-hybridized carbons (Fsp3) is 0.107. The first-order valence-corrected chi connectivity index (χ1v) is 11.5. The van der Waals surface area contributed by atoms with Crippen molar-refractivity contribution in [1.82, 2.24) is 15.3 Å². The zero-order chi connectivity index (χ0) is 26.3. The van der Waals surface area contributed by atoms with E-state index in [4.69, 9.17) is 0 Å². The Labute approximate surface area is 211 Å². The third-order valence-corrected chi connectivity index (χ3v) is 6.07. The Balaban J connectivity index is 1.60. The van der Waals surface area contributed by atoms with Crippen molar-refractivity contribution in [1.29, 1.82) is 0 Å². The lowest BCUT2D eigenvalue weighted by Gasteiger charge is -2.30. The van der Waals surface area contributed by atoms with Crippen LogP contribution in [0.25, 0.3) is 17.0 Å². The molecule has 2 amide bonds. The summed E-state index contributed by atoms with van der Waals surface area (Å²) in [7, 11) is 0. The van der Waals surface area contributed by atoms with Crippen LogP contribution in [0.5, 0.6) is 0 Å². The molecule has 0 aliphatic carbocycles. The number of carbonyl (C=O) groups excluding carboxylic acids is 1. The topological polar surface area (TPSA) is 70.1 Å². The molecule has 9 heteroatoms. The molecule has 0 radical (unpaired) electrons. The number of aromatic nitrogens is 2. The number of nitrogens with zero attached hydrogens (tertiary/aromatic N) is 3. The monoisotopic (exact) mass is 501 g/mol. The summed E-state index contributed by atoms with van der Waals surface area (Å²) in [6, 6.07) is 14.3. The van der Waals surface area contributed by atoms with Crippen molar-refractivity contribution < 1.29 is 18.0 Å². The Morgan fingerprint density at radius 1 is 1.00 bits per heavy atom. The van der Waals surface area contributed by atoms with Crippen molar-refractivity contribution in [2.24, 2.45) is 0 Å². The van der Waals surface area contributed by atoms with Crippen molar-refractivity contribution in [2.45, 2.75) is 20.4 Å². The average Bonchev–Trinajstić information content (AvgIpc) is 2.86. The summed E-state index contributed by atoms with van der Waals surface area (Å²) in [5, 5.41) is 5.84. The summed E-state index contributed by atoms with van der Waals surface area (Å²) < 4.78 is 42.7. The molecule has 2 heterocycles. The highest BCUT2D eigenvalue weighted by Gasteiger charge is 2.33. The van der Waals surface area contributed by atoms with Gasteiger partial charge in [0.1, 0.15) is 29.0 Å². The zero-order valence-electron chi connectivity index (χ0n) is 20.1. The van der Waals surface area contributed by atoms with Gasteiger partial charge >= 0.3 is 6.03 Å². The van der Waals surface area contributed by atoms with Crippen molar-refractivity contribution in [3.63, 3.8) is 0 Å². The SMILES string of the molecule is C=C(Nc1ccc(F)cc1)c1ccc(C)c(-c2nc(C)nc3c2CNC(=O)N3c2c(F)cccc2F)c1. The highest BCUT2D eigenvalue weighted by molar-refractivity contribution is 6.02. The first kappa shape index (κ1) is 24.1. The molecule has 0 saturated carbocycles. The molecule has 0 fully saturated rings. The van der Waals surface area contributed by atoms with Gasteiger partial charge in [0, 0.05) is 22.5 Å². The molecular weight excluding hydrogens is 479 g/mol. The van der Waals surface area contributed by atoms with Gasteiger partial charge < -0.3 is 10.6 Å². The molecule has 0 saturated heterocycles. The summed E-state index contributed by atoms with van der Waals surface area (Å²) in [6.45, 7) is 7.75. The maximum atomic E-state index is 14.7. The van der Waals surface area contributed by atoms with Gasteiger partial charge in [-0.1, -0.05) is 24.8 Å². The fourth-order valence-electron chi connectivity index (χ4n) is 4.25. The number of benzene rings is 3. The van der Waals surface area contributed by atoms with Gasteiger partial charge in [-0.3, -0.25) is 0 Å². The smallest absolute Gasteiger partial charge is 0.328 e. The molecule has 0 unspecified atom stereocenters. The normalized spacial score (nSPS) is 12.7. The number of hydrogen-bond acceptors (Lipinski definition) is 4. The van der Waals surface area contributed by atoms with Gasteiger partial charge in [0.25, 0.3) is 0 Å². The highest BCUT2D eigenvalue weighted by Crippen LogP contribution is 2.38. The zero-order valence-corrected chi connectivity index (χ0v) is 20.1. The van der Waals surface area contributed by atoms with E-state index in [9.17, 15) is 18.0 Å². The number of urea groups is 1. The molecule has 0 bridgehead atoms. The van der Waals surface area contributed by atoms with Crippen LogP contribution in [0.15, 0.2) is 67.2 Å². The van der Waals surface area contributed by atoms with E-state index >= 15 is 0 Å². The summed E-state index contributed by atoms with van der Waals surface area (Å²) in [4.78, 5) is 22.8. The predicted molar refractivity (Wildman–Crippen MR) is 137 cm³/mol. The Bertz CT molecular complexity index is 1530. The van der Waals surface area contributed by atoms with Gasteiger partial charge in [-0.25, -0.2) is 32.8 Å². The molecule has 5 rings (SSSR count). The molecule has 1 aromatic heterocycles. The molecule has 3 aromatic carbocycles. The van der Waals surface area contributed by atoms with Gasteiger partial charge in [0.05, 0.1) is 12.2 Å². The van der Waals surface area contributed by atoms with Gasteiger partial charge in [-0.05, 0) is 67.4 Å². The number of amides is 2. The number of nitrogens with one attached hydrogen (secondary N) is 2. The van der Waals surface area contributed by atoms with Crippen LogP contribution in [0.2, 0.25) is 0 Å². The van der Waals surface area contributed by atoms with Crippen LogP contribution in [-0.4, -0.2) is 16.0 Å². The predicted octanol–water partition coefficient (Wildman–Crippen LogP) is 6.62. The minimum Gasteiger partial charge on any atom is -0.356 e. The number of anilines is 3. The van der Waals surface area contributed by atoms with E-state index in [1.807, 2.05) is 25.1 Å². The fourth-order valence-corrected chi connectivity index (χ4v) is 4.25. The number of rotatable bonds is 5. The largest absolute Gasteiger partial charge is 0.356 e. The maximum Gasteiger partial charge on any atom is 0.328 e. The Kier molecular flexibility index (Phi) is 6.12. The van der Waals surface area contributed by atoms with Crippen LogP contribution < -0.4 is 15.5 Å². The standard InChI is InChI=1S/C28H22F3N5O/c1-15-7-8-18(16(2)33-20-11-9-19(29)10-12-20)13-21(15)25-22-14-32-28(37)36(27(22)35-17(3)34-25)26-23(30)5-4-6-24(26)31/h4-13,33H,2,14H2,1,3H3,(H,32,37). The third-order valence-electron chi connectivity index (χ3n) is 6.07. The number of halogens is 3. The van der Waals surface area contributed by atoms with Crippen molar-refractivity contribution >= 4 is 28.9 Å². The third kappa shape index (κ3) is 4.51. The summed E-state index contributed by atoms with van der Waals surface area (Å²) in [6.07, 6.45) is 0. The molecule has 4 aromatic rings. The van der Waals surface area contributed by atoms with Crippen LogP contribution in [0.1, 0.15) is 22.5 Å². The van der Waals surface area contributed by atoms with Crippen molar-refractivity contribution in [2.75, 3.05) is 10.2 Å². The van der Waals surface area contributed by atoms with E-state index in [2.05, 4.69) is 27.2 Å². The number of para-hydroxylation sites is 1. The average molecular weight is 502 g/mol. The van der Waals surface area contributed by atoms with Gasteiger partial charge in [0.15, 0.2) is 5.82 Å². The van der Waals surface area contributed by atoms with Crippen LogP contribution >= 0.6 is 0 Å². The second-order valence-corrected chi connectivity index (χ2v) is 8.63. The number of aryl methyl sites for hydroxylation is 2. The Morgan fingerprint density at radius 3 is 2.41 bits per heavy atom. The van der Waals surface area contributed by atoms with E-state index in [0.717, 1.165) is 33.7 Å². The summed E-state index contributed by atoms with van der Waals surface area (Å²) >= 11 is 0. The summed E-state index contributed by atoms with van der Waals surface area (Å²) in [5.74, 6) is -1.67. The second kappa shape index (κ2) is 9.42. The Hall–Kier alpha value is -4.66. The van der Waals surface area contributed by atoms with E-state index < -0.39 is 23.4 Å². The van der Waals surface area contributed by atoms with Crippen LogP contribution in [-0.2, 0) is 6.54 Å². The minimum absolute atomic E-state index is 0.0782. The molecule has 0 spiro atoms. The lowest BCUT2D eigenvalue weighted by atomic mass is 9.97. The minimum atomic E-state index is -0.887. The quantitative estimate of drug-likeness (QED) is 0.322.